The molecule has 11 heteroatoms. The molecule has 0 radical (unpaired) electrons. The molecule has 162 valence electrons. The van der Waals surface area contributed by atoms with E-state index in [-0.39, 0.29) is 42.6 Å². The van der Waals surface area contributed by atoms with Gasteiger partial charge in [-0.05, 0) is 18.2 Å². The van der Waals surface area contributed by atoms with Crippen molar-refractivity contribution in [3.05, 3.63) is 35.5 Å². The van der Waals surface area contributed by atoms with Crippen LogP contribution in [0.3, 0.4) is 0 Å². The topological polar surface area (TPSA) is 93.2 Å². The molecule has 0 aliphatic carbocycles. The lowest BCUT2D eigenvalue weighted by atomic mass is 10.1. The molecule has 0 bridgehead atoms. The first-order chi connectivity index (χ1) is 14.1. The van der Waals surface area contributed by atoms with Crippen LogP contribution in [0.5, 0.6) is 0 Å². The Bertz CT molecular complexity index is 892. The maximum absolute atomic E-state index is 13.7. The van der Waals surface area contributed by atoms with Gasteiger partial charge in [-0.3, -0.25) is 19.3 Å². The SMILES string of the molecule is CC(=O)N1CCN(c2ccc(NC3=CC(=O)N(CCO)C3=O)cc2C(F)(F)F)CC1. The highest BCUT2D eigenvalue weighted by atomic mass is 19.4. The average Bonchev–Trinajstić information content (AvgIpc) is 2.95. The van der Waals surface area contributed by atoms with Crippen LogP contribution in [0.25, 0.3) is 0 Å². The quantitative estimate of drug-likeness (QED) is 0.684. The first kappa shape index (κ1) is 21.6. The number of amides is 3. The third-order valence-corrected chi connectivity index (χ3v) is 4.98. The average molecular weight is 426 g/mol. The summed E-state index contributed by atoms with van der Waals surface area (Å²) in [6.07, 6.45) is -3.66. The molecule has 1 saturated heterocycles. The van der Waals surface area contributed by atoms with Crippen molar-refractivity contribution < 1.29 is 32.7 Å². The molecule has 3 amide bonds. The second-order valence-electron chi connectivity index (χ2n) is 6.92. The Kier molecular flexibility index (Phi) is 6.01. The van der Waals surface area contributed by atoms with Crippen molar-refractivity contribution in [3.8, 4) is 0 Å². The maximum atomic E-state index is 13.7. The van der Waals surface area contributed by atoms with E-state index in [1.54, 1.807) is 9.80 Å². The van der Waals surface area contributed by atoms with Gasteiger partial charge < -0.3 is 20.2 Å². The fourth-order valence-corrected chi connectivity index (χ4v) is 3.44. The Hall–Kier alpha value is -3.08. The second-order valence-corrected chi connectivity index (χ2v) is 6.92. The number of carbonyl (C=O) groups excluding carboxylic acids is 3. The van der Waals surface area contributed by atoms with E-state index >= 15 is 0 Å². The minimum atomic E-state index is -4.64. The van der Waals surface area contributed by atoms with Crippen LogP contribution in [-0.4, -0.2) is 72.0 Å². The molecule has 0 spiro atoms. The van der Waals surface area contributed by atoms with Crippen molar-refractivity contribution in [1.82, 2.24) is 9.80 Å². The van der Waals surface area contributed by atoms with Crippen molar-refractivity contribution >= 4 is 29.1 Å². The van der Waals surface area contributed by atoms with Crippen LogP contribution in [0, 0.1) is 0 Å². The van der Waals surface area contributed by atoms with E-state index in [9.17, 15) is 27.6 Å². The number of alkyl halides is 3. The molecule has 2 N–H and O–H groups in total. The minimum Gasteiger partial charge on any atom is -0.395 e. The molecular weight excluding hydrogens is 405 g/mol. The van der Waals surface area contributed by atoms with E-state index in [4.69, 9.17) is 5.11 Å². The van der Waals surface area contributed by atoms with Crippen molar-refractivity contribution in [1.29, 1.82) is 0 Å². The summed E-state index contributed by atoms with van der Waals surface area (Å²) in [5.74, 6) is -1.48. The van der Waals surface area contributed by atoms with Gasteiger partial charge >= 0.3 is 6.18 Å². The molecular formula is C19H21F3N4O4. The lowest BCUT2D eigenvalue weighted by molar-refractivity contribution is -0.138. The number of piperazine rings is 1. The number of nitrogens with zero attached hydrogens (tertiary/aromatic N) is 3. The van der Waals surface area contributed by atoms with Gasteiger partial charge in [-0.15, -0.1) is 0 Å². The Labute approximate surface area is 170 Å². The van der Waals surface area contributed by atoms with E-state index in [0.717, 1.165) is 17.0 Å². The number of hydrogen-bond acceptors (Lipinski definition) is 6. The van der Waals surface area contributed by atoms with Crippen molar-refractivity contribution in [2.75, 3.05) is 49.5 Å². The summed E-state index contributed by atoms with van der Waals surface area (Å²) in [6.45, 7) is 2.00. The van der Waals surface area contributed by atoms with Gasteiger partial charge in [0.1, 0.15) is 5.70 Å². The largest absolute Gasteiger partial charge is 0.418 e. The molecule has 3 rings (SSSR count). The fraction of sp³-hybridized carbons (Fsp3) is 0.421. The summed E-state index contributed by atoms with van der Waals surface area (Å²) in [5, 5.41) is 11.5. The van der Waals surface area contributed by atoms with Crippen LogP contribution in [0.2, 0.25) is 0 Å². The Morgan fingerprint density at radius 3 is 2.40 bits per heavy atom. The highest BCUT2D eigenvalue weighted by molar-refractivity contribution is 6.17. The summed E-state index contributed by atoms with van der Waals surface area (Å²) in [7, 11) is 0. The lowest BCUT2D eigenvalue weighted by Gasteiger charge is -2.36. The Morgan fingerprint density at radius 2 is 1.83 bits per heavy atom. The van der Waals surface area contributed by atoms with E-state index in [1.165, 1.54) is 19.1 Å². The Morgan fingerprint density at radius 1 is 1.17 bits per heavy atom. The normalized spacial score (nSPS) is 17.5. The van der Waals surface area contributed by atoms with Crippen LogP contribution < -0.4 is 10.2 Å². The zero-order valence-electron chi connectivity index (χ0n) is 16.2. The number of imide groups is 1. The third-order valence-electron chi connectivity index (χ3n) is 4.98. The number of β-amino-alcohol motifs (C(OH)–C–C–N with tert-alkyl or cyclic N) is 1. The van der Waals surface area contributed by atoms with Gasteiger partial charge in [0.2, 0.25) is 5.91 Å². The van der Waals surface area contributed by atoms with Crippen molar-refractivity contribution in [3.63, 3.8) is 0 Å². The number of benzene rings is 1. The summed E-state index contributed by atoms with van der Waals surface area (Å²) < 4.78 is 41.1. The van der Waals surface area contributed by atoms with Crippen molar-refractivity contribution in [2.45, 2.75) is 13.1 Å². The highest BCUT2D eigenvalue weighted by Gasteiger charge is 2.37. The van der Waals surface area contributed by atoms with E-state index < -0.39 is 30.2 Å². The van der Waals surface area contributed by atoms with Crippen molar-refractivity contribution in [2.24, 2.45) is 0 Å². The molecule has 30 heavy (non-hydrogen) atoms. The van der Waals surface area contributed by atoms with Gasteiger partial charge in [-0.1, -0.05) is 0 Å². The number of rotatable bonds is 5. The third kappa shape index (κ3) is 4.40. The number of anilines is 2. The molecule has 0 aromatic heterocycles. The summed E-state index contributed by atoms with van der Waals surface area (Å²) in [4.78, 5) is 39.4. The van der Waals surface area contributed by atoms with Crippen LogP contribution in [0.4, 0.5) is 24.5 Å². The van der Waals surface area contributed by atoms with Crippen LogP contribution in [-0.2, 0) is 20.6 Å². The van der Waals surface area contributed by atoms with E-state index in [0.29, 0.717) is 13.1 Å². The van der Waals surface area contributed by atoms with Gasteiger partial charge in [0.15, 0.2) is 0 Å². The molecule has 0 unspecified atom stereocenters. The molecule has 2 heterocycles. The number of carbonyl (C=O) groups is 3. The monoisotopic (exact) mass is 426 g/mol. The molecule has 2 aliphatic rings. The molecule has 8 nitrogen and oxygen atoms in total. The maximum Gasteiger partial charge on any atom is 0.418 e. The molecule has 2 aliphatic heterocycles. The molecule has 1 aromatic carbocycles. The first-order valence-electron chi connectivity index (χ1n) is 9.29. The van der Waals surface area contributed by atoms with Gasteiger partial charge in [0.05, 0.1) is 18.7 Å². The molecule has 1 fully saturated rings. The molecule has 0 saturated carbocycles. The predicted octanol–water partition coefficient (Wildman–Crippen LogP) is 1.03. The van der Waals surface area contributed by atoms with Crippen LogP contribution >= 0.6 is 0 Å². The number of aliphatic hydroxyl groups is 1. The van der Waals surface area contributed by atoms with E-state index in [1.807, 2.05) is 0 Å². The standard InChI is InChI=1S/C19H21F3N4O4/c1-12(28)24-4-6-25(7-5-24)16-3-2-13(10-14(16)19(20,21)22)23-15-11-17(29)26(8-9-27)18(15)30/h2-3,10-11,23,27H,4-9H2,1H3. The zero-order chi connectivity index (χ0) is 22.1. The van der Waals surface area contributed by atoms with Gasteiger partial charge in [-0.2, -0.15) is 13.2 Å². The first-order valence-corrected chi connectivity index (χ1v) is 9.29. The fourth-order valence-electron chi connectivity index (χ4n) is 3.44. The summed E-state index contributed by atoms with van der Waals surface area (Å²) >= 11 is 0. The highest BCUT2D eigenvalue weighted by Crippen LogP contribution is 2.39. The van der Waals surface area contributed by atoms with Gasteiger partial charge in [-0.25, -0.2) is 0 Å². The number of hydrogen-bond donors (Lipinski definition) is 2. The number of aliphatic hydroxyl groups excluding tert-OH is 1. The van der Waals surface area contributed by atoms with Gasteiger partial charge in [0.25, 0.3) is 11.8 Å². The molecule has 0 atom stereocenters. The number of nitrogens with one attached hydrogen (secondary N) is 1. The van der Waals surface area contributed by atoms with Gasteiger partial charge in [0, 0.05) is 50.6 Å². The van der Waals surface area contributed by atoms with Crippen LogP contribution in [0.15, 0.2) is 30.0 Å². The smallest absolute Gasteiger partial charge is 0.395 e. The summed E-state index contributed by atoms with van der Waals surface area (Å²) in [5.41, 5.74) is -1.05. The molecule has 1 aromatic rings. The van der Waals surface area contributed by atoms with Crippen LogP contribution in [0.1, 0.15) is 12.5 Å². The number of halogens is 3. The second kappa shape index (κ2) is 8.34. The summed E-state index contributed by atoms with van der Waals surface area (Å²) in [6, 6.07) is 3.59. The zero-order valence-corrected chi connectivity index (χ0v) is 16.2. The minimum absolute atomic E-state index is 0.00620. The predicted molar refractivity (Wildman–Crippen MR) is 101 cm³/mol. The lowest BCUT2D eigenvalue weighted by Crippen LogP contribution is -2.48. The Balaban J connectivity index is 1.82. The van der Waals surface area contributed by atoms with E-state index in [2.05, 4.69) is 5.32 Å².